The molecular formula is C43H62N2Na2O12. The first-order valence-electron chi connectivity index (χ1n) is 20.4. The first-order valence-corrected chi connectivity index (χ1v) is 20.4. The summed E-state index contributed by atoms with van der Waals surface area (Å²) in [5, 5.41) is 55.1. The normalized spacial score (nSPS) is 24.5. The van der Waals surface area contributed by atoms with Crippen LogP contribution in [0, 0.1) is 23.7 Å². The Morgan fingerprint density at radius 1 is 0.983 bits per heavy atom. The molecule has 0 radical (unpaired) electrons. The zero-order chi connectivity index (χ0) is 42.2. The first-order chi connectivity index (χ1) is 27.1. The van der Waals surface area contributed by atoms with Gasteiger partial charge in [0.25, 0.3) is 0 Å². The van der Waals surface area contributed by atoms with E-state index in [0.717, 1.165) is 11.1 Å². The summed E-state index contributed by atoms with van der Waals surface area (Å²) in [7, 11) is 0. The molecule has 1 heterocycles. The van der Waals surface area contributed by atoms with Gasteiger partial charge in [0.05, 0.1) is 48.9 Å². The molecule has 16 heteroatoms. The smallest absolute Gasteiger partial charge is 0.550 e. The van der Waals surface area contributed by atoms with E-state index in [4.69, 9.17) is 9.47 Å². The number of fused-ring (bicyclic) bond motifs is 1. The fourth-order valence-corrected chi connectivity index (χ4v) is 7.88. The summed E-state index contributed by atoms with van der Waals surface area (Å²) in [5.74, 6) is -3.59. The Kier molecular flexibility index (Phi) is 25.8. The number of carbonyl (C=O) groups is 5. The van der Waals surface area contributed by atoms with Gasteiger partial charge in [-0.25, -0.2) is 0 Å². The molecule has 0 unspecified atom stereocenters. The van der Waals surface area contributed by atoms with E-state index < -0.39 is 66.9 Å². The van der Waals surface area contributed by atoms with E-state index in [1.165, 1.54) is 4.90 Å². The molecule has 59 heavy (non-hydrogen) atoms. The summed E-state index contributed by atoms with van der Waals surface area (Å²) in [4.78, 5) is 60.5. The summed E-state index contributed by atoms with van der Waals surface area (Å²) in [6.45, 7) is 9.84. The second-order valence-corrected chi connectivity index (χ2v) is 15.6. The molecule has 1 aromatic rings. The molecule has 4 N–H and O–H groups in total. The van der Waals surface area contributed by atoms with Crippen molar-refractivity contribution in [2.45, 2.75) is 141 Å². The van der Waals surface area contributed by atoms with Gasteiger partial charge in [0.15, 0.2) is 0 Å². The van der Waals surface area contributed by atoms with Crippen LogP contribution in [0.2, 0.25) is 0 Å². The van der Waals surface area contributed by atoms with Crippen LogP contribution in [0.25, 0.3) is 0 Å². The number of hydrogen-bond donors (Lipinski definition) is 4. The van der Waals surface area contributed by atoms with E-state index in [9.17, 15) is 49.5 Å². The zero-order valence-electron chi connectivity index (χ0n) is 35.9. The van der Waals surface area contributed by atoms with Crippen molar-refractivity contribution in [3.8, 4) is 0 Å². The van der Waals surface area contributed by atoms with Crippen LogP contribution in [0.4, 0.5) is 0 Å². The molecule has 1 fully saturated rings. The third kappa shape index (κ3) is 17.7. The second kappa shape index (κ2) is 27.8. The average molecular weight is 845 g/mol. The van der Waals surface area contributed by atoms with Gasteiger partial charge in [-0.05, 0) is 88.2 Å². The number of carbonyl (C=O) groups excluding carboxylic acids is 5. The molecule has 318 valence electrons. The number of carboxylic acid groups (broad SMARTS) is 2. The molecule has 11 atom stereocenters. The topological polar surface area (TPSA) is 226 Å². The number of esters is 2. The quantitative estimate of drug-likeness (QED) is 0.0761. The minimum Gasteiger partial charge on any atom is -0.550 e. The standard InChI is InChI=1S/C23H36O7.C20H28N2O5.2Na/c1-4-13(2)23(29)30-20-11-17(25)9-15-6-5-14(3)19(22(15)20)8-7-16(24)10-18(26)12-21(27)28;1-3-27-20(26)16(12-11-15-8-5-4-6-9-15)21-14(2)18(23)22-13-7-10-17(22)19(24)25;;/h5-6,9,13-14,16-20,22,24-26H,4,7-8,10-12H2,1-3H3,(H,27,28);4-6,8-9,14,16-17,21H,3,7,10-13H2,1-2H3,(H,24,25);;/q;;2*+1/p-2/t13-,14-,16+,17+,18+,19-,20-,22-;14-,16-,17-;;/m00../s1. The Hall–Kier alpha value is -2.11. The number of amides is 1. The number of carboxylic acids is 2. The largest absolute Gasteiger partial charge is 1.00 e. The van der Waals surface area contributed by atoms with Crippen molar-refractivity contribution in [3.05, 3.63) is 59.7 Å². The number of aliphatic hydroxyl groups is 3. The van der Waals surface area contributed by atoms with E-state index >= 15 is 0 Å². The van der Waals surface area contributed by atoms with Crippen molar-refractivity contribution in [2.75, 3.05) is 13.2 Å². The molecule has 0 saturated carbocycles. The number of nitrogens with zero attached hydrogens (tertiary/aromatic N) is 1. The number of hydrogen-bond acceptors (Lipinski definition) is 13. The molecule has 0 aromatic heterocycles. The van der Waals surface area contributed by atoms with Gasteiger partial charge >= 0.3 is 71.1 Å². The monoisotopic (exact) mass is 844 g/mol. The maximum Gasteiger partial charge on any atom is 1.00 e. The fourth-order valence-electron chi connectivity index (χ4n) is 7.88. The van der Waals surface area contributed by atoms with Crippen LogP contribution >= 0.6 is 0 Å². The zero-order valence-corrected chi connectivity index (χ0v) is 39.9. The van der Waals surface area contributed by atoms with Crippen molar-refractivity contribution in [1.29, 1.82) is 0 Å². The average Bonchev–Trinajstić information content (AvgIpc) is 3.66. The number of benzene rings is 1. The van der Waals surface area contributed by atoms with Gasteiger partial charge in [-0.1, -0.05) is 69.3 Å². The Balaban J connectivity index is 0.000000573. The minimum absolute atomic E-state index is 0. The van der Waals surface area contributed by atoms with Crippen LogP contribution in [0.1, 0.15) is 98.0 Å². The molecule has 2 aliphatic carbocycles. The summed E-state index contributed by atoms with van der Waals surface area (Å²) in [5.41, 5.74) is 2.04. The number of aryl methyl sites for hydroxylation is 1. The maximum absolute atomic E-state index is 12.7. The number of nitrogens with one attached hydrogen (secondary N) is 1. The van der Waals surface area contributed by atoms with E-state index in [1.54, 1.807) is 13.8 Å². The molecule has 0 bridgehead atoms. The Bertz CT molecular complexity index is 1550. The van der Waals surface area contributed by atoms with Crippen molar-refractivity contribution >= 4 is 29.8 Å². The van der Waals surface area contributed by atoms with Crippen LogP contribution in [-0.4, -0.2) is 106 Å². The van der Waals surface area contributed by atoms with E-state index in [1.807, 2.05) is 56.3 Å². The van der Waals surface area contributed by atoms with Gasteiger partial charge in [0.1, 0.15) is 12.1 Å². The minimum atomic E-state index is -1.35. The SMILES string of the molecule is CCOC(=O)[C@H](CCc1ccccc1)N[C@@H](C)C(=O)N1CCC[C@H]1C(=O)[O-].CC[C@H](C)C(=O)O[C@H]1C[C@H](O)C=C2C=C[C@H](C)[C@H](CC[C@@H](O)C[C@@H](O)CC(=O)[O-])[C@H]21.[Na+].[Na+]. The van der Waals surface area contributed by atoms with Crippen molar-refractivity contribution in [2.24, 2.45) is 23.7 Å². The van der Waals surface area contributed by atoms with Gasteiger partial charge < -0.3 is 49.5 Å². The number of likely N-dealkylation sites (tertiary alicyclic amines) is 1. The van der Waals surface area contributed by atoms with E-state index in [-0.39, 0.29) is 108 Å². The van der Waals surface area contributed by atoms with Crippen molar-refractivity contribution in [3.63, 3.8) is 0 Å². The van der Waals surface area contributed by atoms with Gasteiger partial charge in [-0.2, -0.15) is 0 Å². The summed E-state index contributed by atoms with van der Waals surface area (Å²) < 4.78 is 11.0. The first kappa shape index (κ1) is 54.9. The molecule has 1 aliphatic heterocycles. The maximum atomic E-state index is 12.7. The number of allylic oxidation sites excluding steroid dienone is 2. The third-order valence-electron chi connectivity index (χ3n) is 11.2. The molecule has 1 aromatic carbocycles. The number of aliphatic hydroxyl groups excluding tert-OH is 3. The van der Waals surface area contributed by atoms with Gasteiger partial charge in [-0.3, -0.25) is 19.7 Å². The predicted octanol–water partition coefficient (Wildman–Crippen LogP) is -4.62. The van der Waals surface area contributed by atoms with Crippen molar-refractivity contribution < 1.29 is 118 Å². The van der Waals surface area contributed by atoms with Gasteiger partial charge in [0, 0.05) is 31.3 Å². The molecular weight excluding hydrogens is 782 g/mol. The number of aliphatic carboxylic acids is 2. The summed E-state index contributed by atoms with van der Waals surface area (Å²) >= 11 is 0. The van der Waals surface area contributed by atoms with E-state index in [2.05, 4.69) is 18.3 Å². The molecule has 3 aliphatic rings. The molecule has 1 amide bonds. The number of rotatable bonds is 19. The van der Waals surface area contributed by atoms with Crippen LogP contribution in [-0.2, 0) is 39.9 Å². The molecule has 0 spiro atoms. The van der Waals surface area contributed by atoms with Crippen LogP contribution < -0.4 is 74.6 Å². The Morgan fingerprint density at radius 2 is 1.66 bits per heavy atom. The van der Waals surface area contributed by atoms with Crippen molar-refractivity contribution in [1.82, 2.24) is 10.2 Å². The van der Waals surface area contributed by atoms with Crippen LogP contribution in [0.15, 0.2) is 54.1 Å². The third-order valence-corrected chi connectivity index (χ3v) is 11.2. The Morgan fingerprint density at radius 3 is 2.27 bits per heavy atom. The fraction of sp³-hybridized carbons (Fsp3) is 0.651. The van der Waals surface area contributed by atoms with E-state index in [0.29, 0.717) is 57.9 Å². The van der Waals surface area contributed by atoms with Crippen LogP contribution in [0.5, 0.6) is 0 Å². The molecule has 1 saturated heterocycles. The van der Waals surface area contributed by atoms with Crippen LogP contribution in [0.3, 0.4) is 0 Å². The second-order valence-electron chi connectivity index (χ2n) is 15.6. The predicted molar refractivity (Wildman–Crippen MR) is 206 cm³/mol. The summed E-state index contributed by atoms with van der Waals surface area (Å²) in [6, 6.07) is 7.51. The molecule has 14 nitrogen and oxygen atoms in total. The van der Waals surface area contributed by atoms with Gasteiger partial charge in [-0.15, -0.1) is 0 Å². The van der Waals surface area contributed by atoms with Gasteiger partial charge in [0.2, 0.25) is 5.91 Å². The number of ether oxygens (including phenoxy) is 2. The molecule has 4 rings (SSSR count). The summed E-state index contributed by atoms with van der Waals surface area (Å²) in [6.07, 6.45) is 6.48. The Labute approximate surface area is 393 Å².